The Morgan fingerprint density at radius 3 is 2.30 bits per heavy atom. The summed E-state index contributed by atoms with van der Waals surface area (Å²) < 4.78 is 10.2. The fourth-order valence-electron chi connectivity index (χ4n) is 1.70. The molecule has 0 saturated heterocycles. The number of rotatable bonds is 4. The van der Waals surface area contributed by atoms with Crippen molar-refractivity contribution in [1.29, 1.82) is 5.26 Å². The molecular formula is C16H13NO3. The fraction of sp³-hybridized carbons (Fsp3) is 0.125. The number of nitrogens with zero attached hydrogens (tertiary/aromatic N) is 1. The third-order valence-corrected chi connectivity index (χ3v) is 2.77. The number of carbonyl (C=O) groups excluding carboxylic acids is 1. The molecule has 0 saturated carbocycles. The van der Waals surface area contributed by atoms with Crippen molar-refractivity contribution in [2.24, 2.45) is 0 Å². The average molecular weight is 267 g/mol. The summed E-state index contributed by atoms with van der Waals surface area (Å²) in [7, 11) is 1.56. The molecule has 20 heavy (non-hydrogen) atoms. The Morgan fingerprint density at radius 2 is 1.75 bits per heavy atom. The van der Waals surface area contributed by atoms with E-state index in [9.17, 15) is 4.79 Å². The first kappa shape index (κ1) is 13.6. The van der Waals surface area contributed by atoms with E-state index in [2.05, 4.69) is 0 Å². The number of esters is 1. The van der Waals surface area contributed by atoms with E-state index >= 15 is 0 Å². The van der Waals surface area contributed by atoms with Gasteiger partial charge in [0.2, 0.25) is 6.10 Å². The second kappa shape index (κ2) is 6.39. The van der Waals surface area contributed by atoms with E-state index in [-0.39, 0.29) is 0 Å². The largest absolute Gasteiger partial charge is 0.497 e. The fourth-order valence-corrected chi connectivity index (χ4v) is 1.70. The average Bonchev–Trinajstić information content (AvgIpc) is 2.53. The van der Waals surface area contributed by atoms with Crippen LogP contribution in [-0.2, 0) is 4.74 Å². The zero-order valence-electron chi connectivity index (χ0n) is 10.9. The van der Waals surface area contributed by atoms with Gasteiger partial charge in [-0.2, -0.15) is 5.26 Å². The summed E-state index contributed by atoms with van der Waals surface area (Å²) in [6.07, 6.45) is -0.936. The minimum Gasteiger partial charge on any atom is -0.497 e. The lowest BCUT2D eigenvalue weighted by Gasteiger charge is -2.11. The van der Waals surface area contributed by atoms with E-state index in [0.29, 0.717) is 16.9 Å². The van der Waals surface area contributed by atoms with Crippen LogP contribution in [0, 0.1) is 11.3 Å². The normalized spacial score (nSPS) is 11.2. The summed E-state index contributed by atoms with van der Waals surface area (Å²) in [5.41, 5.74) is 1.03. The van der Waals surface area contributed by atoms with Gasteiger partial charge in [-0.1, -0.05) is 30.3 Å². The van der Waals surface area contributed by atoms with E-state index in [1.807, 2.05) is 12.1 Å². The van der Waals surface area contributed by atoms with Gasteiger partial charge < -0.3 is 9.47 Å². The topological polar surface area (TPSA) is 59.3 Å². The molecule has 1 atom stereocenters. The Hall–Kier alpha value is -2.80. The molecule has 0 radical (unpaired) electrons. The maximum atomic E-state index is 11.9. The van der Waals surface area contributed by atoms with E-state index in [0.717, 1.165) is 0 Å². The van der Waals surface area contributed by atoms with Crippen molar-refractivity contribution in [2.45, 2.75) is 6.10 Å². The Bertz CT molecular complexity index is 614. The van der Waals surface area contributed by atoms with Gasteiger partial charge in [-0.3, -0.25) is 0 Å². The van der Waals surface area contributed by atoms with Crippen LogP contribution >= 0.6 is 0 Å². The van der Waals surface area contributed by atoms with Crippen LogP contribution in [0.1, 0.15) is 22.0 Å². The van der Waals surface area contributed by atoms with Crippen LogP contribution in [-0.4, -0.2) is 13.1 Å². The third kappa shape index (κ3) is 3.15. The van der Waals surface area contributed by atoms with Gasteiger partial charge in [0.15, 0.2) is 0 Å². The summed E-state index contributed by atoms with van der Waals surface area (Å²) in [6, 6.07) is 17.4. The molecule has 2 rings (SSSR count). The third-order valence-electron chi connectivity index (χ3n) is 2.77. The molecule has 0 bridgehead atoms. The number of carbonyl (C=O) groups is 1. The second-order valence-corrected chi connectivity index (χ2v) is 4.05. The van der Waals surface area contributed by atoms with Gasteiger partial charge in [-0.15, -0.1) is 0 Å². The molecule has 4 heteroatoms. The van der Waals surface area contributed by atoms with Gasteiger partial charge >= 0.3 is 5.97 Å². The van der Waals surface area contributed by atoms with Crippen LogP contribution in [0.3, 0.4) is 0 Å². The van der Waals surface area contributed by atoms with E-state index < -0.39 is 12.1 Å². The number of hydrogen-bond acceptors (Lipinski definition) is 4. The van der Waals surface area contributed by atoms with E-state index in [1.165, 1.54) is 0 Å². The molecule has 0 fully saturated rings. The van der Waals surface area contributed by atoms with Crippen LogP contribution in [0.15, 0.2) is 54.6 Å². The van der Waals surface area contributed by atoms with Gasteiger partial charge in [0, 0.05) is 5.56 Å². The maximum absolute atomic E-state index is 11.9. The second-order valence-electron chi connectivity index (χ2n) is 4.05. The maximum Gasteiger partial charge on any atom is 0.339 e. The lowest BCUT2D eigenvalue weighted by atomic mass is 10.1. The first-order chi connectivity index (χ1) is 9.74. The number of benzene rings is 2. The molecule has 100 valence electrons. The smallest absolute Gasteiger partial charge is 0.339 e. The Morgan fingerprint density at radius 1 is 1.10 bits per heavy atom. The van der Waals surface area contributed by atoms with Gasteiger partial charge in [-0.05, 0) is 24.3 Å². The number of hydrogen-bond donors (Lipinski definition) is 0. The van der Waals surface area contributed by atoms with Crippen molar-refractivity contribution in [1.82, 2.24) is 0 Å². The van der Waals surface area contributed by atoms with E-state index in [1.54, 1.807) is 55.6 Å². The number of ether oxygens (including phenoxy) is 2. The van der Waals surface area contributed by atoms with Gasteiger partial charge in [0.05, 0.1) is 12.7 Å². The van der Waals surface area contributed by atoms with Gasteiger partial charge in [0.1, 0.15) is 11.8 Å². The van der Waals surface area contributed by atoms with Crippen molar-refractivity contribution >= 4 is 5.97 Å². The van der Waals surface area contributed by atoms with Crippen molar-refractivity contribution in [3.63, 3.8) is 0 Å². The zero-order valence-corrected chi connectivity index (χ0v) is 10.9. The molecule has 0 aliphatic heterocycles. The van der Waals surface area contributed by atoms with Crippen molar-refractivity contribution in [3.05, 3.63) is 65.7 Å². The Labute approximate surface area is 117 Å². The standard InChI is InChI=1S/C16H13NO3/c1-19-14-9-7-12(8-10-14)15(11-17)20-16(18)13-5-3-2-4-6-13/h2-10,15H,1H3/t15-/m0/s1. The highest BCUT2D eigenvalue weighted by molar-refractivity contribution is 5.89. The summed E-state index contributed by atoms with van der Waals surface area (Å²) in [5, 5.41) is 9.14. The summed E-state index contributed by atoms with van der Waals surface area (Å²) in [4.78, 5) is 11.9. The minimum atomic E-state index is -0.936. The molecule has 0 N–H and O–H groups in total. The van der Waals surface area contributed by atoms with Crippen molar-refractivity contribution in [3.8, 4) is 11.8 Å². The summed E-state index contributed by atoms with van der Waals surface area (Å²) in [5.74, 6) is 0.160. The molecular weight excluding hydrogens is 254 g/mol. The summed E-state index contributed by atoms with van der Waals surface area (Å²) in [6.45, 7) is 0. The predicted molar refractivity (Wildman–Crippen MR) is 73.2 cm³/mol. The minimum absolute atomic E-state index is 0.418. The van der Waals surface area contributed by atoms with Crippen LogP contribution in [0.2, 0.25) is 0 Å². The lowest BCUT2D eigenvalue weighted by Crippen LogP contribution is -2.10. The van der Waals surface area contributed by atoms with Crippen LogP contribution in [0.5, 0.6) is 5.75 Å². The quantitative estimate of drug-likeness (QED) is 0.798. The Balaban J connectivity index is 2.13. The highest BCUT2D eigenvalue weighted by Gasteiger charge is 2.17. The monoisotopic (exact) mass is 267 g/mol. The molecule has 0 aromatic heterocycles. The van der Waals surface area contributed by atoms with Crippen molar-refractivity contribution < 1.29 is 14.3 Å². The van der Waals surface area contributed by atoms with E-state index in [4.69, 9.17) is 14.7 Å². The van der Waals surface area contributed by atoms with Gasteiger partial charge in [0.25, 0.3) is 0 Å². The predicted octanol–water partition coefficient (Wildman–Crippen LogP) is 3.12. The molecule has 0 spiro atoms. The molecule has 0 aliphatic rings. The molecule has 0 amide bonds. The number of nitriles is 1. The molecule has 0 aliphatic carbocycles. The molecule has 2 aromatic carbocycles. The summed E-state index contributed by atoms with van der Waals surface area (Å²) >= 11 is 0. The first-order valence-corrected chi connectivity index (χ1v) is 6.04. The van der Waals surface area contributed by atoms with Crippen LogP contribution < -0.4 is 4.74 Å². The highest BCUT2D eigenvalue weighted by Crippen LogP contribution is 2.21. The van der Waals surface area contributed by atoms with Crippen LogP contribution in [0.4, 0.5) is 0 Å². The molecule has 4 nitrogen and oxygen atoms in total. The van der Waals surface area contributed by atoms with Gasteiger partial charge in [-0.25, -0.2) is 4.79 Å². The van der Waals surface area contributed by atoms with Crippen LogP contribution in [0.25, 0.3) is 0 Å². The zero-order chi connectivity index (χ0) is 14.4. The SMILES string of the molecule is COc1ccc([C@H](C#N)OC(=O)c2ccccc2)cc1. The highest BCUT2D eigenvalue weighted by atomic mass is 16.5. The first-order valence-electron chi connectivity index (χ1n) is 6.04. The van der Waals surface area contributed by atoms with Crippen molar-refractivity contribution in [2.75, 3.05) is 7.11 Å². The molecule has 2 aromatic rings. The molecule has 0 unspecified atom stereocenters. The molecule has 0 heterocycles. The lowest BCUT2D eigenvalue weighted by molar-refractivity contribution is 0.0404. The Kier molecular flexibility index (Phi) is 4.35. The number of methoxy groups -OCH3 is 1.